The first-order valence-electron chi connectivity index (χ1n) is 7.28. The van der Waals surface area contributed by atoms with Crippen LogP contribution in [0.1, 0.15) is 33.1 Å². The van der Waals surface area contributed by atoms with Crippen LogP contribution in [0.2, 0.25) is 0 Å². The normalized spacial score (nSPS) is 22.3. The van der Waals surface area contributed by atoms with Crippen LogP contribution >= 0.6 is 0 Å². The highest BCUT2D eigenvalue weighted by molar-refractivity contribution is 5.80. The third kappa shape index (κ3) is 3.69. The zero-order valence-electron chi connectivity index (χ0n) is 11.7. The summed E-state index contributed by atoms with van der Waals surface area (Å²) in [7, 11) is 0. The number of ether oxygens (including phenoxy) is 1. The number of rotatable bonds is 5. The van der Waals surface area contributed by atoms with Gasteiger partial charge in [0.1, 0.15) is 0 Å². The molecule has 4 nitrogen and oxygen atoms in total. The van der Waals surface area contributed by atoms with Crippen LogP contribution in [0.15, 0.2) is 0 Å². The Morgan fingerprint density at radius 3 is 2.50 bits per heavy atom. The van der Waals surface area contributed by atoms with Gasteiger partial charge in [-0.25, -0.2) is 0 Å². The number of amides is 1. The van der Waals surface area contributed by atoms with E-state index in [0.29, 0.717) is 17.9 Å². The molecule has 1 amide bonds. The van der Waals surface area contributed by atoms with E-state index in [-0.39, 0.29) is 5.92 Å². The smallest absolute Gasteiger partial charge is 0.228 e. The fraction of sp³-hybridized carbons (Fsp3) is 0.929. The van der Waals surface area contributed by atoms with Crippen molar-refractivity contribution in [2.24, 2.45) is 11.8 Å². The van der Waals surface area contributed by atoms with Gasteiger partial charge in [-0.3, -0.25) is 4.79 Å². The second kappa shape index (κ2) is 6.53. The van der Waals surface area contributed by atoms with Gasteiger partial charge in [-0.1, -0.05) is 13.8 Å². The number of carbonyl (C=O) groups is 1. The van der Waals surface area contributed by atoms with Crippen LogP contribution in [0.4, 0.5) is 0 Å². The topological polar surface area (TPSA) is 41.6 Å². The van der Waals surface area contributed by atoms with E-state index in [1.807, 2.05) is 4.90 Å². The number of carbonyl (C=O) groups excluding carboxylic acids is 1. The first-order valence-corrected chi connectivity index (χ1v) is 7.28. The highest BCUT2D eigenvalue weighted by Gasteiger charge is 2.31. The van der Waals surface area contributed by atoms with Crippen molar-refractivity contribution in [3.8, 4) is 0 Å². The summed E-state index contributed by atoms with van der Waals surface area (Å²) in [6, 6.07) is 0. The van der Waals surface area contributed by atoms with Gasteiger partial charge >= 0.3 is 0 Å². The van der Waals surface area contributed by atoms with Crippen molar-refractivity contribution in [2.75, 3.05) is 32.8 Å². The van der Waals surface area contributed by atoms with Gasteiger partial charge in [-0.05, 0) is 25.2 Å². The van der Waals surface area contributed by atoms with Crippen LogP contribution < -0.4 is 5.32 Å². The van der Waals surface area contributed by atoms with Gasteiger partial charge in [-0.15, -0.1) is 0 Å². The Morgan fingerprint density at radius 1 is 1.33 bits per heavy atom. The Kier molecular flexibility index (Phi) is 5.01. The minimum atomic E-state index is 0.239. The van der Waals surface area contributed by atoms with Crippen molar-refractivity contribution in [2.45, 2.75) is 39.2 Å². The Hall–Kier alpha value is -0.610. The molecule has 2 fully saturated rings. The fourth-order valence-corrected chi connectivity index (χ4v) is 2.43. The van der Waals surface area contributed by atoms with Gasteiger partial charge in [0.05, 0.1) is 12.0 Å². The average Bonchev–Trinajstić information content (AvgIpc) is 2.27. The monoisotopic (exact) mass is 254 g/mol. The first-order chi connectivity index (χ1) is 8.66. The molecular formula is C14H26N2O2. The molecule has 2 heterocycles. The van der Waals surface area contributed by atoms with Crippen LogP contribution in [-0.4, -0.2) is 49.7 Å². The van der Waals surface area contributed by atoms with E-state index in [4.69, 9.17) is 4.74 Å². The fourth-order valence-electron chi connectivity index (χ4n) is 2.43. The molecule has 0 bridgehead atoms. The quantitative estimate of drug-likeness (QED) is 0.803. The minimum absolute atomic E-state index is 0.239. The van der Waals surface area contributed by atoms with Gasteiger partial charge in [0.25, 0.3) is 0 Å². The summed E-state index contributed by atoms with van der Waals surface area (Å²) < 4.78 is 5.87. The van der Waals surface area contributed by atoms with Gasteiger partial charge in [-0.2, -0.15) is 0 Å². The standard InChI is InChI=1S/C14H26N2O2/c1-11(2)5-8-18-13-3-6-16(7-4-13)14(17)12-9-15-10-12/h11-13,15H,3-10H2,1-2H3. The highest BCUT2D eigenvalue weighted by atomic mass is 16.5. The molecule has 0 aliphatic carbocycles. The highest BCUT2D eigenvalue weighted by Crippen LogP contribution is 2.18. The summed E-state index contributed by atoms with van der Waals surface area (Å²) in [5.74, 6) is 1.29. The Labute approximate surface area is 110 Å². The summed E-state index contributed by atoms with van der Waals surface area (Å²) in [4.78, 5) is 14.1. The summed E-state index contributed by atoms with van der Waals surface area (Å²) in [5.41, 5.74) is 0. The lowest BCUT2D eigenvalue weighted by Crippen LogP contribution is -2.53. The molecule has 2 saturated heterocycles. The molecule has 2 aliphatic heterocycles. The molecular weight excluding hydrogens is 228 g/mol. The molecule has 2 aliphatic rings. The lowest BCUT2D eigenvalue weighted by atomic mass is 9.99. The van der Waals surface area contributed by atoms with E-state index in [1.54, 1.807) is 0 Å². The number of nitrogens with zero attached hydrogens (tertiary/aromatic N) is 1. The van der Waals surface area contributed by atoms with E-state index < -0.39 is 0 Å². The zero-order chi connectivity index (χ0) is 13.0. The maximum absolute atomic E-state index is 12.0. The second-order valence-corrected chi connectivity index (χ2v) is 5.93. The molecule has 0 saturated carbocycles. The lowest BCUT2D eigenvalue weighted by Gasteiger charge is -2.36. The van der Waals surface area contributed by atoms with Crippen molar-refractivity contribution in [1.29, 1.82) is 0 Å². The number of nitrogens with one attached hydrogen (secondary N) is 1. The van der Waals surface area contributed by atoms with Crippen molar-refractivity contribution in [3.05, 3.63) is 0 Å². The molecule has 0 aromatic rings. The first kappa shape index (κ1) is 13.8. The van der Waals surface area contributed by atoms with Crippen LogP contribution in [0.5, 0.6) is 0 Å². The van der Waals surface area contributed by atoms with Gasteiger partial charge in [0.2, 0.25) is 5.91 Å². The third-order valence-electron chi connectivity index (χ3n) is 3.93. The van der Waals surface area contributed by atoms with Crippen molar-refractivity contribution in [1.82, 2.24) is 10.2 Å². The van der Waals surface area contributed by atoms with Crippen LogP contribution in [0.3, 0.4) is 0 Å². The second-order valence-electron chi connectivity index (χ2n) is 5.93. The van der Waals surface area contributed by atoms with E-state index in [2.05, 4.69) is 19.2 Å². The number of piperidine rings is 1. The van der Waals surface area contributed by atoms with E-state index in [0.717, 1.165) is 52.0 Å². The van der Waals surface area contributed by atoms with Crippen molar-refractivity contribution < 1.29 is 9.53 Å². The van der Waals surface area contributed by atoms with E-state index >= 15 is 0 Å². The van der Waals surface area contributed by atoms with Crippen LogP contribution in [0, 0.1) is 11.8 Å². The van der Waals surface area contributed by atoms with Gasteiger partial charge in [0.15, 0.2) is 0 Å². The molecule has 0 spiro atoms. The summed E-state index contributed by atoms with van der Waals surface area (Å²) in [5, 5.41) is 3.16. The third-order valence-corrected chi connectivity index (χ3v) is 3.93. The number of hydrogen-bond acceptors (Lipinski definition) is 3. The van der Waals surface area contributed by atoms with Crippen LogP contribution in [0.25, 0.3) is 0 Å². The largest absolute Gasteiger partial charge is 0.378 e. The zero-order valence-corrected chi connectivity index (χ0v) is 11.7. The predicted molar refractivity (Wildman–Crippen MR) is 71.4 cm³/mol. The minimum Gasteiger partial charge on any atom is -0.378 e. The molecule has 104 valence electrons. The van der Waals surface area contributed by atoms with Crippen molar-refractivity contribution >= 4 is 5.91 Å². The SMILES string of the molecule is CC(C)CCOC1CCN(C(=O)C2CNC2)CC1. The molecule has 0 atom stereocenters. The molecule has 1 N–H and O–H groups in total. The molecule has 4 heteroatoms. The number of hydrogen-bond donors (Lipinski definition) is 1. The molecule has 18 heavy (non-hydrogen) atoms. The molecule has 2 rings (SSSR count). The summed E-state index contributed by atoms with van der Waals surface area (Å²) in [6.07, 6.45) is 3.51. The maximum Gasteiger partial charge on any atom is 0.228 e. The van der Waals surface area contributed by atoms with Crippen molar-refractivity contribution in [3.63, 3.8) is 0 Å². The predicted octanol–water partition coefficient (Wildman–Crippen LogP) is 1.26. The Balaban J connectivity index is 1.63. The van der Waals surface area contributed by atoms with E-state index in [1.165, 1.54) is 0 Å². The van der Waals surface area contributed by atoms with E-state index in [9.17, 15) is 4.79 Å². The molecule has 0 aromatic carbocycles. The van der Waals surface area contributed by atoms with Gasteiger partial charge in [0, 0.05) is 32.8 Å². The number of likely N-dealkylation sites (tertiary alicyclic amines) is 1. The summed E-state index contributed by atoms with van der Waals surface area (Å²) in [6.45, 7) is 8.79. The summed E-state index contributed by atoms with van der Waals surface area (Å²) >= 11 is 0. The molecule has 0 aromatic heterocycles. The lowest BCUT2D eigenvalue weighted by molar-refractivity contribution is -0.139. The Morgan fingerprint density at radius 2 is 2.00 bits per heavy atom. The Bertz CT molecular complexity index is 269. The maximum atomic E-state index is 12.0. The van der Waals surface area contributed by atoms with Crippen LogP contribution in [-0.2, 0) is 9.53 Å². The average molecular weight is 254 g/mol. The van der Waals surface area contributed by atoms with Gasteiger partial charge < -0.3 is 15.0 Å². The molecule has 0 radical (unpaired) electrons. The molecule has 0 unspecified atom stereocenters.